The minimum absolute atomic E-state index is 0.254. The molecule has 1 heterocycles. The van der Waals surface area contributed by atoms with Gasteiger partial charge in [-0.2, -0.15) is 0 Å². The second-order valence-corrected chi connectivity index (χ2v) is 5.54. The summed E-state index contributed by atoms with van der Waals surface area (Å²) in [6.45, 7) is 3.69. The van der Waals surface area contributed by atoms with Crippen LogP contribution in [0.5, 0.6) is 0 Å². The highest BCUT2D eigenvalue weighted by Crippen LogP contribution is 2.48. The SMILES string of the molecule is CC(=O)N1CCC(C2CC2CI)CC1. The molecular formula is C11H18INO. The molecule has 14 heavy (non-hydrogen) atoms. The number of carbonyl (C=O) groups excluding carboxylic acids is 1. The van der Waals surface area contributed by atoms with Crippen molar-refractivity contribution in [3.05, 3.63) is 0 Å². The van der Waals surface area contributed by atoms with Crippen molar-refractivity contribution in [3.8, 4) is 0 Å². The van der Waals surface area contributed by atoms with Crippen molar-refractivity contribution in [3.63, 3.8) is 0 Å². The maximum absolute atomic E-state index is 11.1. The molecule has 0 N–H and O–H groups in total. The van der Waals surface area contributed by atoms with E-state index in [2.05, 4.69) is 22.6 Å². The number of carbonyl (C=O) groups is 1. The number of amides is 1. The number of piperidine rings is 1. The molecular weight excluding hydrogens is 289 g/mol. The van der Waals surface area contributed by atoms with Crippen LogP contribution in [-0.2, 0) is 4.79 Å². The van der Waals surface area contributed by atoms with Gasteiger partial charge in [0.25, 0.3) is 0 Å². The summed E-state index contributed by atoms with van der Waals surface area (Å²) in [5, 5.41) is 0. The van der Waals surface area contributed by atoms with Crippen molar-refractivity contribution in [2.45, 2.75) is 26.2 Å². The van der Waals surface area contributed by atoms with Crippen molar-refractivity contribution in [1.29, 1.82) is 0 Å². The molecule has 2 rings (SSSR count). The zero-order chi connectivity index (χ0) is 10.1. The lowest BCUT2D eigenvalue weighted by Gasteiger charge is -2.31. The lowest BCUT2D eigenvalue weighted by Crippen LogP contribution is -2.37. The number of alkyl halides is 1. The monoisotopic (exact) mass is 307 g/mol. The quantitative estimate of drug-likeness (QED) is 0.566. The summed E-state index contributed by atoms with van der Waals surface area (Å²) in [6.07, 6.45) is 3.95. The van der Waals surface area contributed by atoms with Crippen molar-refractivity contribution >= 4 is 28.5 Å². The van der Waals surface area contributed by atoms with Gasteiger partial charge in [0.05, 0.1) is 0 Å². The molecule has 80 valence electrons. The molecule has 0 aromatic carbocycles. The number of nitrogens with zero attached hydrogens (tertiary/aromatic N) is 1. The van der Waals surface area contributed by atoms with E-state index in [1.807, 2.05) is 4.90 Å². The third-order valence-electron chi connectivity index (χ3n) is 3.77. The van der Waals surface area contributed by atoms with Crippen molar-refractivity contribution < 1.29 is 4.79 Å². The average Bonchev–Trinajstić information content (AvgIpc) is 2.97. The topological polar surface area (TPSA) is 20.3 Å². The Hall–Kier alpha value is 0.200. The van der Waals surface area contributed by atoms with E-state index >= 15 is 0 Å². The molecule has 0 radical (unpaired) electrons. The highest BCUT2D eigenvalue weighted by atomic mass is 127. The van der Waals surface area contributed by atoms with Crippen LogP contribution >= 0.6 is 22.6 Å². The Kier molecular flexibility index (Phi) is 3.34. The van der Waals surface area contributed by atoms with Crippen LogP contribution in [-0.4, -0.2) is 28.3 Å². The van der Waals surface area contributed by atoms with Crippen LogP contribution in [0.3, 0.4) is 0 Å². The van der Waals surface area contributed by atoms with Crippen molar-refractivity contribution in [1.82, 2.24) is 4.90 Å². The van der Waals surface area contributed by atoms with Crippen LogP contribution < -0.4 is 0 Å². The molecule has 2 atom stereocenters. The molecule has 2 fully saturated rings. The van der Waals surface area contributed by atoms with Gasteiger partial charge in [0.2, 0.25) is 5.91 Å². The first-order valence-electron chi connectivity index (χ1n) is 5.54. The van der Waals surface area contributed by atoms with E-state index in [9.17, 15) is 4.79 Å². The molecule has 0 bridgehead atoms. The van der Waals surface area contributed by atoms with Gasteiger partial charge in [-0.25, -0.2) is 0 Å². The lowest BCUT2D eigenvalue weighted by molar-refractivity contribution is -0.130. The molecule has 3 heteroatoms. The summed E-state index contributed by atoms with van der Waals surface area (Å²) in [7, 11) is 0. The fourth-order valence-corrected chi connectivity index (χ4v) is 3.68. The van der Waals surface area contributed by atoms with E-state index in [0.29, 0.717) is 0 Å². The molecule has 2 unspecified atom stereocenters. The first-order valence-corrected chi connectivity index (χ1v) is 7.06. The molecule has 1 saturated carbocycles. The average molecular weight is 307 g/mol. The molecule has 1 aliphatic heterocycles. The molecule has 0 aromatic rings. The van der Waals surface area contributed by atoms with Crippen LogP contribution in [0.25, 0.3) is 0 Å². The second kappa shape index (κ2) is 4.37. The standard InChI is InChI=1S/C11H18INO/c1-8(14)13-4-2-9(3-5-13)11-6-10(11)7-12/h9-11H,2-7H2,1H3. The molecule has 0 spiro atoms. The highest BCUT2D eigenvalue weighted by molar-refractivity contribution is 14.1. The van der Waals surface area contributed by atoms with Gasteiger partial charge in [-0.05, 0) is 37.0 Å². The smallest absolute Gasteiger partial charge is 0.219 e. The number of likely N-dealkylation sites (tertiary alicyclic amines) is 1. The van der Waals surface area contributed by atoms with Gasteiger partial charge < -0.3 is 4.90 Å². The molecule has 1 saturated heterocycles. The third kappa shape index (κ3) is 2.23. The number of hydrogen-bond donors (Lipinski definition) is 0. The van der Waals surface area contributed by atoms with E-state index in [0.717, 1.165) is 30.8 Å². The van der Waals surface area contributed by atoms with E-state index < -0.39 is 0 Å². The van der Waals surface area contributed by atoms with Crippen LogP contribution in [0.2, 0.25) is 0 Å². The summed E-state index contributed by atoms with van der Waals surface area (Å²) in [6, 6.07) is 0. The first-order chi connectivity index (χ1) is 6.72. The minimum atomic E-state index is 0.254. The maximum atomic E-state index is 11.1. The normalized spacial score (nSPS) is 33.1. The fraction of sp³-hybridized carbons (Fsp3) is 0.909. The molecule has 1 amide bonds. The Bertz CT molecular complexity index is 223. The zero-order valence-electron chi connectivity index (χ0n) is 8.71. The Morgan fingerprint density at radius 3 is 2.50 bits per heavy atom. The highest BCUT2D eigenvalue weighted by Gasteiger charge is 2.42. The van der Waals surface area contributed by atoms with Gasteiger partial charge in [0.1, 0.15) is 0 Å². The van der Waals surface area contributed by atoms with E-state index in [-0.39, 0.29) is 5.91 Å². The van der Waals surface area contributed by atoms with Gasteiger partial charge in [0.15, 0.2) is 0 Å². The van der Waals surface area contributed by atoms with Crippen molar-refractivity contribution in [2.24, 2.45) is 17.8 Å². The number of halogens is 1. The third-order valence-corrected chi connectivity index (χ3v) is 4.90. The summed E-state index contributed by atoms with van der Waals surface area (Å²) >= 11 is 2.50. The number of rotatable bonds is 2. The summed E-state index contributed by atoms with van der Waals surface area (Å²) < 4.78 is 1.33. The summed E-state index contributed by atoms with van der Waals surface area (Å²) in [4.78, 5) is 13.1. The fourth-order valence-electron chi connectivity index (χ4n) is 2.67. The Morgan fingerprint density at radius 2 is 2.07 bits per heavy atom. The lowest BCUT2D eigenvalue weighted by atomic mass is 9.91. The minimum Gasteiger partial charge on any atom is -0.343 e. The van der Waals surface area contributed by atoms with Gasteiger partial charge in [-0.3, -0.25) is 4.79 Å². The molecule has 1 aliphatic carbocycles. The van der Waals surface area contributed by atoms with Crippen LogP contribution in [0.15, 0.2) is 0 Å². The second-order valence-electron chi connectivity index (χ2n) is 4.66. The molecule has 2 nitrogen and oxygen atoms in total. The van der Waals surface area contributed by atoms with E-state index in [1.54, 1.807) is 6.92 Å². The summed E-state index contributed by atoms with van der Waals surface area (Å²) in [5.41, 5.74) is 0. The molecule has 2 aliphatic rings. The van der Waals surface area contributed by atoms with Gasteiger partial charge in [-0.1, -0.05) is 22.6 Å². The van der Waals surface area contributed by atoms with Crippen LogP contribution in [0, 0.1) is 17.8 Å². The Labute approximate surface area is 99.6 Å². The van der Waals surface area contributed by atoms with Crippen molar-refractivity contribution in [2.75, 3.05) is 17.5 Å². The van der Waals surface area contributed by atoms with Gasteiger partial charge in [0, 0.05) is 24.4 Å². The predicted octanol–water partition coefficient (Wildman–Crippen LogP) is 2.32. The van der Waals surface area contributed by atoms with Gasteiger partial charge >= 0.3 is 0 Å². The Morgan fingerprint density at radius 1 is 1.43 bits per heavy atom. The Balaban J connectivity index is 1.77. The maximum Gasteiger partial charge on any atom is 0.219 e. The summed E-state index contributed by atoms with van der Waals surface area (Å²) in [5.74, 6) is 3.18. The van der Waals surface area contributed by atoms with E-state index in [1.165, 1.54) is 23.7 Å². The molecule has 0 aromatic heterocycles. The number of hydrogen-bond acceptors (Lipinski definition) is 1. The first kappa shape index (κ1) is 10.7. The largest absolute Gasteiger partial charge is 0.343 e. The van der Waals surface area contributed by atoms with Gasteiger partial charge in [-0.15, -0.1) is 0 Å². The predicted molar refractivity (Wildman–Crippen MR) is 65.5 cm³/mol. The van der Waals surface area contributed by atoms with E-state index in [4.69, 9.17) is 0 Å². The van der Waals surface area contributed by atoms with Crippen LogP contribution in [0.4, 0.5) is 0 Å². The van der Waals surface area contributed by atoms with Crippen LogP contribution in [0.1, 0.15) is 26.2 Å². The zero-order valence-corrected chi connectivity index (χ0v) is 10.9.